The van der Waals surface area contributed by atoms with Gasteiger partial charge >= 0.3 is 5.97 Å². The average Bonchev–Trinajstić information content (AvgIpc) is 3.18. The van der Waals surface area contributed by atoms with Gasteiger partial charge in [0.05, 0.1) is 16.8 Å². The topological polar surface area (TPSA) is 91.3 Å². The number of carboxylic acids is 1. The number of benzene rings is 1. The summed E-state index contributed by atoms with van der Waals surface area (Å²) >= 11 is 1.40. The van der Waals surface area contributed by atoms with E-state index in [1.807, 2.05) is 24.3 Å². The van der Waals surface area contributed by atoms with Crippen LogP contribution in [0, 0.1) is 5.92 Å². The molecule has 1 fully saturated rings. The minimum absolute atomic E-state index is 0.0244. The highest BCUT2D eigenvalue weighted by atomic mass is 32.1. The van der Waals surface area contributed by atoms with E-state index in [1.54, 1.807) is 0 Å². The van der Waals surface area contributed by atoms with Crippen molar-refractivity contribution in [2.45, 2.75) is 18.9 Å². The van der Waals surface area contributed by atoms with Crippen LogP contribution in [0.2, 0.25) is 0 Å². The van der Waals surface area contributed by atoms with Crippen LogP contribution in [0.25, 0.3) is 10.2 Å². The summed E-state index contributed by atoms with van der Waals surface area (Å²) in [6, 6.07) is 7.00. The van der Waals surface area contributed by atoms with Gasteiger partial charge in [0.15, 0.2) is 5.13 Å². The first-order valence-corrected chi connectivity index (χ1v) is 7.57. The molecule has 1 aromatic carbocycles. The fourth-order valence-electron chi connectivity index (χ4n) is 2.18. The molecule has 1 unspecified atom stereocenters. The quantitative estimate of drug-likeness (QED) is 0.755. The highest BCUT2D eigenvalue weighted by Gasteiger charge is 2.36. The number of thiazole rings is 1. The Bertz CT molecular complexity index is 648. The Labute approximate surface area is 125 Å². The Balaban J connectivity index is 1.57. The first kappa shape index (κ1) is 14.0. The monoisotopic (exact) mass is 305 g/mol. The molecule has 7 heteroatoms. The Kier molecular flexibility index (Phi) is 3.85. The van der Waals surface area contributed by atoms with Crippen LogP contribution in [0.3, 0.4) is 0 Å². The van der Waals surface area contributed by atoms with E-state index >= 15 is 0 Å². The van der Waals surface area contributed by atoms with Gasteiger partial charge in [0.1, 0.15) is 6.04 Å². The SMILES string of the molecule is O=C(CNC(C(=O)O)C1CC1)Nc1nc2ccccc2s1. The van der Waals surface area contributed by atoms with Gasteiger partial charge in [0, 0.05) is 0 Å². The molecule has 1 amide bonds. The Morgan fingerprint density at radius 1 is 1.38 bits per heavy atom. The lowest BCUT2D eigenvalue weighted by molar-refractivity contribution is -0.140. The summed E-state index contributed by atoms with van der Waals surface area (Å²) in [5.74, 6) is -1.02. The lowest BCUT2D eigenvalue weighted by Crippen LogP contribution is -2.42. The van der Waals surface area contributed by atoms with E-state index in [2.05, 4.69) is 15.6 Å². The van der Waals surface area contributed by atoms with Crippen molar-refractivity contribution in [3.63, 3.8) is 0 Å². The maximum atomic E-state index is 11.9. The van der Waals surface area contributed by atoms with E-state index in [0.717, 1.165) is 23.1 Å². The van der Waals surface area contributed by atoms with Crippen molar-refractivity contribution in [1.29, 1.82) is 0 Å². The molecule has 1 atom stereocenters. The number of fused-ring (bicyclic) bond motifs is 1. The second kappa shape index (κ2) is 5.79. The molecular weight excluding hydrogens is 290 g/mol. The zero-order valence-electron chi connectivity index (χ0n) is 11.2. The normalized spacial score (nSPS) is 15.8. The first-order valence-electron chi connectivity index (χ1n) is 6.75. The molecule has 2 aromatic rings. The number of carboxylic acid groups (broad SMARTS) is 1. The molecular formula is C14H15N3O3S. The molecule has 1 saturated carbocycles. The van der Waals surface area contributed by atoms with Gasteiger partial charge < -0.3 is 10.4 Å². The number of amides is 1. The van der Waals surface area contributed by atoms with Crippen LogP contribution in [0.4, 0.5) is 5.13 Å². The van der Waals surface area contributed by atoms with E-state index in [-0.39, 0.29) is 18.4 Å². The van der Waals surface area contributed by atoms with Crippen molar-refractivity contribution in [3.05, 3.63) is 24.3 Å². The number of carbonyl (C=O) groups is 2. The van der Waals surface area contributed by atoms with Gasteiger partial charge in [-0.1, -0.05) is 23.5 Å². The number of aromatic nitrogens is 1. The highest BCUT2D eigenvalue weighted by Crippen LogP contribution is 2.32. The maximum absolute atomic E-state index is 11.9. The number of rotatable bonds is 6. The third-order valence-corrected chi connectivity index (χ3v) is 4.33. The van der Waals surface area contributed by atoms with E-state index in [4.69, 9.17) is 5.11 Å². The molecule has 1 aliphatic carbocycles. The summed E-state index contributed by atoms with van der Waals surface area (Å²) in [4.78, 5) is 27.2. The van der Waals surface area contributed by atoms with Gasteiger partial charge in [-0.2, -0.15) is 0 Å². The van der Waals surface area contributed by atoms with Gasteiger partial charge in [-0.25, -0.2) is 4.98 Å². The zero-order chi connectivity index (χ0) is 14.8. The van der Waals surface area contributed by atoms with Crippen LogP contribution >= 0.6 is 11.3 Å². The average molecular weight is 305 g/mol. The first-order chi connectivity index (χ1) is 10.1. The molecule has 0 spiro atoms. The molecule has 3 rings (SSSR count). The maximum Gasteiger partial charge on any atom is 0.320 e. The van der Waals surface area contributed by atoms with Crippen LogP contribution < -0.4 is 10.6 Å². The fraction of sp³-hybridized carbons (Fsp3) is 0.357. The van der Waals surface area contributed by atoms with Crippen molar-refractivity contribution in [1.82, 2.24) is 10.3 Å². The van der Waals surface area contributed by atoms with Crippen molar-refractivity contribution in [3.8, 4) is 0 Å². The minimum Gasteiger partial charge on any atom is -0.480 e. The van der Waals surface area contributed by atoms with Gasteiger partial charge in [0.25, 0.3) is 0 Å². The molecule has 1 aromatic heterocycles. The highest BCUT2D eigenvalue weighted by molar-refractivity contribution is 7.22. The molecule has 1 aliphatic rings. The number of nitrogens with one attached hydrogen (secondary N) is 2. The molecule has 3 N–H and O–H groups in total. The number of para-hydroxylation sites is 1. The molecule has 0 saturated heterocycles. The standard InChI is InChI=1S/C14H15N3O3S/c18-11(7-15-12(13(19)20)8-5-6-8)17-14-16-9-3-1-2-4-10(9)21-14/h1-4,8,12,15H,5-7H2,(H,19,20)(H,16,17,18). The van der Waals surface area contributed by atoms with Crippen LogP contribution in [-0.2, 0) is 9.59 Å². The summed E-state index contributed by atoms with van der Waals surface area (Å²) < 4.78 is 1.00. The van der Waals surface area contributed by atoms with E-state index in [9.17, 15) is 9.59 Å². The van der Waals surface area contributed by atoms with Gasteiger partial charge in [-0.3, -0.25) is 14.9 Å². The second-order valence-electron chi connectivity index (χ2n) is 5.07. The summed E-state index contributed by atoms with van der Waals surface area (Å²) in [7, 11) is 0. The molecule has 110 valence electrons. The van der Waals surface area contributed by atoms with Crippen LogP contribution in [0.5, 0.6) is 0 Å². The third kappa shape index (κ3) is 3.37. The molecule has 0 radical (unpaired) electrons. The van der Waals surface area contributed by atoms with Gasteiger partial charge in [-0.15, -0.1) is 0 Å². The van der Waals surface area contributed by atoms with Crippen LogP contribution in [0.1, 0.15) is 12.8 Å². The Morgan fingerprint density at radius 2 is 2.14 bits per heavy atom. The number of hydrogen-bond donors (Lipinski definition) is 3. The summed E-state index contributed by atoms with van der Waals surface area (Å²) in [6.07, 6.45) is 1.81. The lowest BCUT2D eigenvalue weighted by atomic mass is 10.2. The van der Waals surface area contributed by atoms with E-state index < -0.39 is 12.0 Å². The van der Waals surface area contributed by atoms with E-state index in [1.165, 1.54) is 11.3 Å². The number of hydrogen-bond acceptors (Lipinski definition) is 5. The van der Waals surface area contributed by atoms with Crippen LogP contribution in [0.15, 0.2) is 24.3 Å². The van der Waals surface area contributed by atoms with Crippen LogP contribution in [-0.4, -0.2) is 34.6 Å². The number of aliphatic carboxylic acids is 1. The number of carbonyl (C=O) groups excluding carboxylic acids is 1. The smallest absolute Gasteiger partial charge is 0.320 e. The van der Waals surface area contributed by atoms with Crippen molar-refractivity contribution < 1.29 is 14.7 Å². The molecule has 0 aliphatic heterocycles. The summed E-state index contributed by atoms with van der Waals surface area (Å²) in [5.41, 5.74) is 0.840. The fourth-order valence-corrected chi connectivity index (χ4v) is 3.06. The predicted octanol–water partition coefficient (Wildman–Crippen LogP) is 1.69. The Morgan fingerprint density at radius 3 is 2.81 bits per heavy atom. The molecule has 21 heavy (non-hydrogen) atoms. The third-order valence-electron chi connectivity index (χ3n) is 3.38. The molecule has 0 bridgehead atoms. The number of nitrogens with zero attached hydrogens (tertiary/aromatic N) is 1. The van der Waals surface area contributed by atoms with Gasteiger partial charge in [0.2, 0.25) is 5.91 Å². The predicted molar refractivity (Wildman–Crippen MR) is 80.4 cm³/mol. The van der Waals surface area contributed by atoms with Gasteiger partial charge in [-0.05, 0) is 30.9 Å². The summed E-state index contributed by atoms with van der Waals surface area (Å²) in [6.45, 7) is -0.0244. The minimum atomic E-state index is -0.898. The second-order valence-corrected chi connectivity index (χ2v) is 6.10. The van der Waals surface area contributed by atoms with Crippen molar-refractivity contribution >= 4 is 38.6 Å². The lowest BCUT2D eigenvalue weighted by Gasteiger charge is -2.12. The number of anilines is 1. The molecule has 6 nitrogen and oxygen atoms in total. The Hall–Kier alpha value is -1.99. The molecule has 1 heterocycles. The van der Waals surface area contributed by atoms with Crippen molar-refractivity contribution in [2.24, 2.45) is 5.92 Å². The zero-order valence-corrected chi connectivity index (χ0v) is 12.0. The summed E-state index contributed by atoms with van der Waals surface area (Å²) in [5, 5.41) is 15.1. The van der Waals surface area contributed by atoms with E-state index in [0.29, 0.717) is 5.13 Å². The van der Waals surface area contributed by atoms with Crippen molar-refractivity contribution in [2.75, 3.05) is 11.9 Å². The largest absolute Gasteiger partial charge is 0.480 e.